The molecule has 0 aliphatic carbocycles. The number of hydrogen-bond acceptors (Lipinski definition) is 9. The molecule has 244 valence electrons. The van der Waals surface area contributed by atoms with E-state index in [-0.39, 0.29) is 5.56 Å². The fourth-order valence-corrected chi connectivity index (χ4v) is 4.14. The Kier molecular flexibility index (Phi) is 13.4. The molecule has 13 heteroatoms. The Morgan fingerprint density at radius 1 is 0.660 bits per heavy atom. The number of carbonyl (C=O) groups is 3. The molecule has 0 unspecified atom stereocenters. The van der Waals surface area contributed by atoms with Crippen LogP contribution < -0.4 is 5.56 Å². The number of benzene rings is 3. The molecule has 3 heterocycles. The van der Waals surface area contributed by atoms with E-state index in [1.54, 1.807) is 115 Å². The number of carboxylic acids is 3. The van der Waals surface area contributed by atoms with Gasteiger partial charge in [-0.15, -0.1) is 0 Å². The van der Waals surface area contributed by atoms with Crippen LogP contribution in [0.4, 0.5) is 0 Å². The minimum absolute atomic E-state index is 0.331. The molecule has 0 saturated carbocycles. The van der Waals surface area contributed by atoms with Gasteiger partial charge in [-0.3, -0.25) is 14.3 Å². The highest BCUT2D eigenvalue weighted by atomic mass is 16.6. The zero-order chi connectivity index (χ0) is 34.3. The number of nitrogens with zero attached hydrogens (tertiary/aromatic N) is 2. The highest BCUT2D eigenvalue weighted by molar-refractivity contribution is 5.88. The number of aromatic carboxylic acids is 3. The van der Waals surface area contributed by atoms with Gasteiger partial charge in [0.1, 0.15) is 18.3 Å². The van der Waals surface area contributed by atoms with E-state index < -0.39 is 49.1 Å². The van der Waals surface area contributed by atoms with Gasteiger partial charge in [0.25, 0.3) is 5.56 Å². The van der Waals surface area contributed by atoms with Crippen LogP contribution in [0.2, 0.25) is 0 Å². The lowest BCUT2D eigenvalue weighted by molar-refractivity contribution is -0.0541. The molecule has 0 bridgehead atoms. The van der Waals surface area contributed by atoms with Gasteiger partial charge in [-0.1, -0.05) is 54.6 Å². The quantitative estimate of drug-likeness (QED) is 0.163. The van der Waals surface area contributed by atoms with E-state index in [4.69, 9.17) is 25.2 Å². The molecule has 0 amide bonds. The number of hydrogen-bond donors (Lipinski definition) is 6. The monoisotopic (exact) mass is 644 g/mol. The molecule has 47 heavy (non-hydrogen) atoms. The van der Waals surface area contributed by atoms with E-state index in [1.807, 2.05) is 0 Å². The molecule has 4 atom stereocenters. The fourth-order valence-electron chi connectivity index (χ4n) is 4.14. The Morgan fingerprint density at radius 2 is 1.11 bits per heavy atom. The molecule has 0 spiro atoms. The van der Waals surface area contributed by atoms with Gasteiger partial charge in [0.2, 0.25) is 0 Å². The molecule has 6 N–H and O–H groups in total. The molecule has 3 aromatic carbocycles. The summed E-state index contributed by atoms with van der Waals surface area (Å²) in [6.07, 6.45) is -1.41. The second kappa shape index (κ2) is 17.7. The van der Waals surface area contributed by atoms with Crippen molar-refractivity contribution in [3.8, 4) is 0 Å². The van der Waals surface area contributed by atoms with Crippen LogP contribution in [-0.4, -0.2) is 83.0 Å². The van der Waals surface area contributed by atoms with Gasteiger partial charge in [-0.25, -0.2) is 14.4 Å². The van der Waals surface area contributed by atoms with Crippen molar-refractivity contribution >= 4 is 28.8 Å². The average Bonchev–Trinajstić information content (AvgIpc) is 3.39. The van der Waals surface area contributed by atoms with Crippen molar-refractivity contribution in [2.45, 2.75) is 24.5 Å². The number of pyridine rings is 2. The molecule has 1 fully saturated rings. The van der Waals surface area contributed by atoms with Crippen LogP contribution in [0.1, 0.15) is 37.3 Å². The maximum absolute atomic E-state index is 12.4. The maximum Gasteiger partial charge on any atom is 0.335 e. The molecule has 1 aliphatic rings. The molecule has 5 aromatic rings. The minimum atomic E-state index is -1.28. The smallest absolute Gasteiger partial charge is 0.335 e. The van der Waals surface area contributed by atoms with Crippen molar-refractivity contribution < 1.29 is 49.8 Å². The largest absolute Gasteiger partial charge is 0.478 e. The summed E-state index contributed by atoms with van der Waals surface area (Å²) in [6.45, 7) is -0.432. The van der Waals surface area contributed by atoms with Crippen molar-refractivity contribution in [1.82, 2.24) is 9.55 Å². The summed E-state index contributed by atoms with van der Waals surface area (Å²) in [5.74, 6) is -2.64. The van der Waals surface area contributed by atoms with E-state index in [0.29, 0.717) is 27.6 Å². The second-order valence-electron chi connectivity index (χ2n) is 9.71. The lowest BCUT2D eigenvalue weighted by atomic mass is 10.1. The summed E-state index contributed by atoms with van der Waals surface area (Å²) in [7, 11) is 0. The standard InChI is InChI=1S/C13H14N2O5.3C7H6O2/c16-6-9-10(17)11(18)13(20-9)15-5-3-8-7(12(15)19)2-1-4-14-8;3*8-7(9)6-4-2-1-3-5-6/h1-5,9-11,13,16-18H,6H2;3*1-5H,(H,8,9)/t9-,10-,11-,13-;;;/m1.../s1. The van der Waals surface area contributed by atoms with Crippen molar-refractivity contribution in [1.29, 1.82) is 0 Å². The Labute approximate surface area is 267 Å². The zero-order valence-electron chi connectivity index (χ0n) is 24.7. The van der Waals surface area contributed by atoms with Gasteiger partial charge in [0.05, 0.1) is 34.2 Å². The summed E-state index contributed by atoms with van der Waals surface area (Å²) in [5, 5.41) is 54.3. The fraction of sp³-hybridized carbons (Fsp3) is 0.147. The van der Waals surface area contributed by atoms with Crippen LogP contribution in [0.25, 0.3) is 10.9 Å². The first-order valence-corrected chi connectivity index (χ1v) is 14.0. The Balaban J connectivity index is 0.000000187. The number of rotatable bonds is 5. The highest BCUT2D eigenvalue weighted by Gasteiger charge is 2.43. The summed E-state index contributed by atoms with van der Waals surface area (Å²) < 4.78 is 6.55. The van der Waals surface area contributed by atoms with Crippen LogP contribution in [0, 0.1) is 0 Å². The topological polar surface area (TPSA) is 217 Å². The van der Waals surface area contributed by atoms with Gasteiger partial charge < -0.3 is 35.4 Å². The molecule has 2 aromatic heterocycles. The molecular formula is C34H32N2O11. The van der Waals surface area contributed by atoms with Gasteiger partial charge in [0.15, 0.2) is 6.23 Å². The van der Waals surface area contributed by atoms with Crippen molar-refractivity contribution in [3.63, 3.8) is 0 Å². The maximum atomic E-state index is 12.4. The highest BCUT2D eigenvalue weighted by Crippen LogP contribution is 2.28. The minimum Gasteiger partial charge on any atom is -0.478 e. The van der Waals surface area contributed by atoms with Crippen molar-refractivity contribution in [2.24, 2.45) is 0 Å². The molecule has 6 rings (SSSR count). The van der Waals surface area contributed by atoms with Gasteiger partial charge in [-0.2, -0.15) is 0 Å². The number of aromatic nitrogens is 2. The van der Waals surface area contributed by atoms with Crippen LogP contribution in [0.3, 0.4) is 0 Å². The molecule has 1 saturated heterocycles. The summed E-state index contributed by atoms with van der Waals surface area (Å²) in [6, 6.07) is 29.8. The van der Waals surface area contributed by atoms with Crippen molar-refractivity contribution in [2.75, 3.05) is 6.61 Å². The third-order valence-electron chi connectivity index (χ3n) is 6.55. The van der Waals surface area contributed by atoms with Gasteiger partial charge in [0, 0.05) is 12.4 Å². The Morgan fingerprint density at radius 3 is 1.47 bits per heavy atom. The number of carboxylic acid groups (broad SMARTS) is 3. The summed E-state index contributed by atoms with van der Waals surface area (Å²) >= 11 is 0. The van der Waals surface area contributed by atoms with Crippen LogP contribution >= 0.6 is 0 Å². The van der Waals surface area contributed by atoms with Crippen LogP contribution in [0.15, 0.2) is 126 Å². The predicted molar refractivity (Wildman–Crippen MR) is 169 cm³/mol. The van der Waals surface area contributed by atoms with Crippen LogP contribution in [0.5, 0.6) is 0 Å². The van der Waals surface area contributed by atoms with Gasteiger partial charge >= 0.3 is 17.9 Å². The lowest BCUT2D eigenvalue weighted by Gasteiger charge is -2.17. The molecular weight excluding hydrogens is 612 g/mol. The van der Waals surface area contributed by atoms with Gasteiger partial charge in [-0.05, 0) is 54.6 Å². The number of fused-ring (bicyclic) bond motifs is 1. The zero-order valence-corrected chi connectivity index (χ0v) is 24.7. The average molecular weight is 645 g/mol. The predicted octanol–water partition coefficient (Wildman–Crippen LogP) is 3.16. The van der Waals surface area contributed by atoms with Crippen LogP contribution in [-0.2, 0) is 4.74 Å². The van der Waals surface area contributed by atoms with E-state index in [1.165, 1.54) is 10.8 Å². The second-order valence-corrected chi connectivity index (χ2v) is 9.71. The Hall–Kier alpha value is -5.73. The van der Waals surface area contributed by atoms with E-state index in [0.717, 1.165) is 0 Å². The first-order chi connectivity index (χ1) is 22.5. The Bertz CT molecular complexity index is 1680. The van der Waals surface area contributed by atoms with E-state index in [9.17, 15) is 29.4 Å². The summed E-state index contributed by atoms with van der Waals surface area (Å²) in [5.41, 5.74) is 1.17. The van der Waals surface area contributed by atoms with Crippen molar-refractivity contribution in [3.05, 3.63) is 149 Å². The number of ether oxygens (including phenoxy) is 1. The number of aliphatic hydroxyl groups is 3. The molecule has 13 nitrogen and oxygen atoms in total. The summed E-state index contributed by atoms with van der Waals surface area (Å²) in [4.78, 5) is 47.0. The normalized spacial score (nSPS) is 17.9. The first kappa shape index (κ1) is 35.7. The van der Waals surface area contributed by atoms with E-state index in [2.05, 4.69) is 4.98 Å². The third kappa shape index (κ3) is 10.1. The number of aliphatic hydroxyl groups excluding tert-OH is 3. The third-order valence-corrected chi connectivity index (χ3v) is 6.55. The first-order valence-electron chi connectivity index (χ1n) is 14.0. The SMILES string of the molecule is O=C(O)c1ccccc1.O=C(O)c1ccccc1.O=C(O)c1ccccc1.O=c1c2cccnc2ccn1[C@@H]1O[C@H](CO)[C@@H](O)[C@H]1O. The lowest BCUT2D eigenvalue weighted by Crippen LogP contribution is -2.35. The molecule has 0 radical (unpaired) electrons. The van der Waals surface area contributed by atoms with E-state index >= 15 is 0 Å². The molecule has 1 aliphatic heterocycles.